The highest BCUT2D eigenvalue weighted by molar-refractivity contribution is 5.71. The normalized spacial score (nSPS) is 17.6. The van der Waals surface area contributed by atoms with Gasteiger partial charge in [0.25, 0.3) is 0 Å². The number of fused-ring (bicyclic) bond motifs is 5. The summed E-state index contributed by atoms with van der Waals surface area (Å²) < 4.78 is 17.4. The van der Waals surface area contributed by atoms with Gasteiger partial charge in [-0.15, -0.1) is 5.10 Å². The van der Waals surface area contributed by atoms with E-state index in [1.54, 1.807) is 12.1 Å². The van der Waals surface area contributed by atoms with Crippen LogP contribution >= 0.6 is 0 Å². The molecule has 7 heteroatoms. The second kappa shape index (κ2) is 7.04. The zero-order valence-electron chi connectivity index (χ0n) is 17.4. The molecule has 2 aromatic heterocycles. The van der Waals surface area contributed by atoms with Crippen LogP contribution in [0.1, 0.15) is 25.3 Å². The van der Waals surface area contributed by atoms with Crippen molar-refractivity contribution in [3.8, 4) is 28.3 Å². The Morgan fingerprint density at radius 3 is 2.74 bits per heavy atom. The maximum Gasteiger partial charge on any atom is 0.203 e. The van der Waals surface area contributed by atoms with Crippen LogP contribution in [0.25, 0.3) is 28.3 Å². The van der Waals surface area contributed by atoms with Gasteiger partial charge in [0.1, 0.15) is 5.82 Å². The van der Waals surface area contributed by atoms with Crippen molar-refractivity contribution in [1.82, 2.24) is 24.8 Å². The van der Waals surface area contributed by atoms with Gasteiger partial charge in [-0.1, -0.05) is 19.1 Å². The summed E-state index contributed by atoms with van der Waals surface area (Å²) >= 11 is 0. The quantitative estimate of drug-likeness (QED) is 0.426. The Kier molecular flexibility index (Phi) is 4.16. The van der Waals surface area contributed by atoms with E-state index in [-0.39, 0.29) is 5.82 Å². The molecule has 0 bridgehead atoms. The van der Waals surface area contributed by atoms with Crippen molar-refractivity contribution in [2.24, 2.45) is 5.92 Å². The first kappa shape index (κ1) is 18.3. The average Bonchev–Trinajstić information content (AvgIpc) is 3.39. The van der Waals surface area contributed by atoms with Gasteiger partial charge in [0.05, 0.1) is 11.4 Å². The van der Waals surface area contributed by atoms with Gasteiger partial charge >= 0.3 is 0 Å². The third-order valence-electron chi connectivity index (χ3n) is 6.43. The minimum absolute atomic E-state index is 0.234. The molecule has 0 spiro atoms. The third kappa shape index (κ3) is 3.12. The van der Waals surface area contributed by atoms with Crippen LogP contribution < -0.4 is 4.90 Å². The Labute approximate surface area is 179 Å². The fourth-order valence-electron chi connectivity index (χ4n) is 4.85. The van der Waals surface area contributed by atoms with Gasteiger partial charge in [-0.25, -0.2) is 4.39 Å². The lowest BCUT2D eigenvalue weighted by Crippen LogP contribution is -2.34. The molecule has 1 saturated heterocycles. The molecule has 156 valence electrons. The first-order valence-electron chi connectivity index (χ1n) is 10.8. The number of aromatic nitrogens is 5. The summed E-state index contributed by atoms with van der Waals surface area (Å²) in [5.74, 6) is 1.20. The van der Waals surface area contributed by atoms with Crippen LogP contribution in [0.3, 0.4) is 0 Å². The lowest BCUT2D eigenvalue weighted by atomic mass is 9.99. The molecule has 0 N–H and O–H groups in total. The maximum atomic E-state index is 13.4. The Hall–Kier alpha value is -3.48. The van der Waals surface area contributed by atoms with Crippen LogP contribution in [0, 0.1) is 11.7 Å². The van der Waals surface area contributed by atoms with Crippen LogP contribution in [0.2, 0.25) is 0 Å². The highest BCUT2D eigenvalue weighted by atomic mass is 19.1. The van der Waals surface area contributed by atoms with E-state index in [0.29, 0.717) is 18.3 Å². The number of anilines is 1. The zero-order valence-corrected chi connectivity index (χ0v) is 17.4. The highest BCUT2D eigenvalue weighted by Crippen LogP contribution is 2.35. The lowest BCUT2D eigenvalue weighted by molar-refractivity contribution is 0.447. The monoisotopic (exact) mass is 414 g/mol. The molecule has 2 aliphatic heterocycles. The molecule has 1 atom stereocenters. The Bertz CT molecular complexity index is 1260. The van der Waals surface area contributed by atoms with Crippen molar-refractivity contribution in [2.75, 3.05) is 18.0 Å². The van der Waals surface area contributed by atoms with Gasteiger partial charge in [-0.2, -0.15) is 4.68 Å². The second-order valence-corrected chi connectivity index (χ2v) is 8.67. The zero-order chi connectivity index (χ0) is 20.9. The fourth-order valence-corrected chi connectivity index (χ4v) is 4.85. The smallest absolute Gasteiger partial charge is 0.203 e. The predicted octanol–water partition coefficient (Wildman–Crippen LogP) is 4.53. The van der Waals surface area contributed by atoms with Crippen LogP contribution in [-0.4, -0.2) is 37.9 Å². The molecular weight excluding hydrogens is 391 g/mol. The van der Waals surface area contributed by atoms with Gasteiger partial charge in [0.15, 0.2) is 0 Å². The van der Waals surface area contributed by atoms with Gasteiger partial charge in [0, 0.05) is 37.1 Å². The topological polar surface area (TPSA) is 51.8 Å². The highest BCUT2D eigenvalue weighted by Gasteiger charge is 2.24. The first-order chi connectivity index (χ1) is 15.2. The SMILES string of the molecule is C[C@@H]1CCCN(c2ccc3c(c2)Cn2cc(-c4ccc(F)cc4)cc2-c2nnnn2-3)C1. The molecule has 2 aliphatic rings. The number of benzene rings is 2. The van der Waals surface area contributed by atoms with Crippen molar-refractivity contribution in [1.29, 1.82) is 0 Å². The minimum Gasteiger partial charge on any atom is -0.371 e. The van der Waals surface area contributed by atoms with Crippen LogP contribution in [0.15, 0.2) is 54.7 Å². The van der Waals surface area contributed by atoms with E-state index in [9.17, 15) is 4.39 Å². The summed E-state index contributed by atoms with van der Waals surface area (Å²) in [6, 6.07) is 15.3. The summed E-state index contributed by atoms with van der Waals surface area (Å²) in [4.78, 5) is 2.49. The molecule has 0 unspecified atom stereocenters. The molecule has 4 heterocycles. The molecular formula is C24H23FN6. The van der Waals surface area contributed by atoms with Crippen molar-refractivity contribution in [2.45, 2.75) is 26.3 Å². The molecule has 0 saturated carbocycles. The number of piperidine rings is 1. The molecule has 0 radical (unpaired) electrons. The molecule has 0 amide bonds. The van der Waals surface area contributed by atoms with Crippen molar-refractivity contribution in [3.63, 3.8) is 0 Å². The Morgan fingerprint density at radius 1 is 1.03 bits per heavy atom. The summed E-state index contributed by atoms with van der Waals surface area (Å²) in [7, 11) is 0. The fraction of sp³-hybridized carbons (Fsp3) is 0.292. The van der Waals surface area contributed by atoms with Gasteiger partial charge < -0.3 is 9.47 Å². The molecule has 6 nitrogen and oxygen atoms in total. The maximum absolute atomic E-state index is 13.4. The van der Waals surface area contributed by atoms with E-state index < -0.39 is 0 Å². The summed E-state index contributed by atoms with van der Waals surface area (Å²) in [5.41, 5.74) is 6.40. The summed E-state index contributed by atoms with van der Waals surface area (Å²) in [5, 5.41) is 12.5. The summed E-state index contributed by atoms with van der Waals surface area (Å²) in [6.07, 6.45) is 4.64. The van der Waals surface area contributed by atoms with Crippen LogP contribution in [0.4, 0.5) is 10.1 Å². The van der Waals surface area contributed by atoms with E-state index in [0.717, 1.165) is 35.6 Å². The largest absolute Gasteiger partial charge is 0.371 e. The molecule has 6 rings (SSSR count). The second-order valence-electron chi connectivity index (χ2n) is 8.67. The summed E-state index contributed by atoms with van der Waals surface area (Å²) in [6.45, 7) is 5.24. The molecule has 31 heavy (non-hydrogen) atoms. The van der Waals surface area contributed by atoms with Gasteiger partial charge in [0.2, 0.25) is 5.82 Å². The van der Waals surface area contributed by atoms with Crippen molar-refractivity contribution in [3.05, 3.63) is 66.1 Å². The number of rotatable bonds is 2. The van der Waals surface area contributed by atoms with E-state index in [4.69, 9.17) is 0 Å². The minimum atomic E-state index is -0.234. The van der Waals surface area contributed by atoms with Crippen molar-refractivity contribution < 1.29 is 4.39 Å². The van der Waals surface area contributed by atoms with E-state index in [1.807, 2.05) is 4.68 Å². The van der Waals surface area contributed by atoms with Crippen molar-refractivity contribution >= 4 is 5.69 Å². The Balaban J connectivity index is 1.44. The Morgan fingerprint density at radius 2 is 1.90 bits per heavy atom. The molecule has 4 aromatic rings. The van der Waals surface area contributed by atoms with E-state index in [1.165, 1.54) is 36.2 Å². The lowest BCUT2D eigenvalue weighted by Gasteiger charge is -2.33. The van der Waals surface area contributed by atoms with Crippen LogP contribution in [-0.2, 0) is 6.54 Å². The number of nitrogens with zero attached hydrogens (tertiary/aromatic N) is 6. The third-order valence-corrected chi connectivity index (χ3v) is 6.43. The van der Waals surface area contributed by atoms with E-state index in [2.05, 4.69) is 62.4 Å². The number of hydrogen-bond donors (Lipinski definition) is 0. The van der Waals surface area contributed by atoms with E-state index >= 15 is 0 Å². The molecule has 1 fully saturated rings. The molecule has 2 aromatic carbocycles. The molecule has 0 aliphatic carbocycles. The number of tetrazole rings is 1. The first-order valence-corrected chi connectivity index (χ1v) is 10.8. The van der Waals surface area contributed by atoms with Crippen LogP contribution in [0.5, 0.6) is 0 Å². The number of halogens is 1. The van der Waals surface area contributed by atoms with Gasteiger partial charge in [-0.3, -0.25) is 0 Å². The predicted molar refractivity (Wildman–Crippen MR) is 118 cm³/mol. The average molecular weight is 414 g/mol. The standard InChI is InChI=1S/C24H23FN6/c1-16-3-2-10-29(13-16)21-8-9-22-19(11-21)15-30-14-18(17-4-6-20(25)7-5-17)12-23(30)24-26-27-28-31(22)24/h4-9,11-12,14,16H,2-3,10,13,15H2,1H3/t16-/m1/s1. The number of hydrogen-bond acceptors (Lipinski definition) is 4. The van der Waals surface area contributed by atoms with Gasteiger partial charge in [-0.05, 0) is 76.7 Å².